The summed E-state index contributed by atoms with van der Waals surface area (Å²) < 4.78 is 0. The van der Waals surface area contributed by atoms with Gasteiger partial charge in [0.05, 0.1) is 0 Å². The maximum Gasteiger partial charge on any atom is 0.222 e. The Kier molecular flexibility index (Phi) is 6.46. The first-order valence-electron chi connectivity index (χ1n) is 6.70. The van der Waals surface area contributed by atoms with E-state index in [0.29, 0.717) is 0 Å². The number of hydrogen-bond acceptors (Lipinski definition) is 2. The maximum absolute atomic E-state index is 11.3. The Labute approximate surface area is 99.6 Å². The van der Waals surface area contributed by atoms with Crippen LogP contribution >= 0.6 is 0 Å². The SMILES string of the molecule is CC(C)C(=O)NCCCCN1CCCCC1. The van der Waals surface area contributed by atoms with Crippen molar-refractivity contribution < 1.29 is 4.79 Å². The lowest BCUT2D eigenvalue weighted by Crippen LogP contribution is -2.32. The van der Waals surface area contributed by atoms with Crippen molar-refractivity contribution in [2.24, 2.45) is 5.92 Å². The molecule has 0 aromatic rings. The van der Waals surface area contributed by atoms with Crippen LogP contribution in [0.3, 0.4) is 0 Å². The molecule has 0 saturated carbocycles. The molecule has 1 amide bonds. The van der Waals surface area contributed by atoms with Gasteiger partial charge in [-0.15, -0.1) is 0 Å². The second-order valence-electron chi connectivity index (χ2n) is 5.06. The van der Waals surface area contributed by atoms with E-state index < -0.39 is 0 Å². The molecule has 94 valence electrons. The third-order valence-corrected chi connectivity index (χ3v) is 3.17. The molecule has 0 radical (unpaired) electrons. The van der Waals surface area contributed by atoms with E-state index in [-0.39, 0.29) is 11.8 Å². The molecule has 0 bridgehead atoms. The van der Waals surface area contributed by atoms with Crippen LogP contribution in [0, 0.1) is 5.92 Å². The number of likely N-dealkylation sites (tertiary alicyclic amines) is 1. The van der Waals surface area contributed by atoms with Crippen molar-refractivity contribution in [3.63, 3.8) is 0 Å². The summed E-state index contributed by atoms with van der Waals surface area (Å²) in [5, 5.41) is 2.96. The smallest absolute Gasteiger partial charge is 0.222 e. The minimum Gasteiger partial charge on any atom is -0.356 e. The topological polar surface area (TPSA) is 32.3 Å². The molecule has 3 heteroatoms. The van der Waals surface area contributed by atoms with Gasteiger partial charge in [-0.25, -0.2) is 0 Å². The lowest BCUT2D eigenvalue weighted by atomic mass is 10.1. The number of nitrogens with zero attached hydrogens (tertiary/aromatic N) is 1. The predicted molar refractivity (Wildman–Crippen MR) is 67.4 cm³/mol. The van der Waals surface area contributed by atoms with Crippen LogP contribution in [0.15, 0.2) is 0 Å². The van der Waals surface area contributed by atoms with Crippen molar-refractivity contribution in [2.45, 2.75) is 46.0 Å². The average molecular weight is 226 g/mol. The molecule has 0 unspecified atom stereocenters. The van der Waals surface area contributed by atoms with E-state index >= 15 is 0 Å². The summed E-state index contributed by atoms with van der Waals surface area (Å²) in [4.78, 5) is 13.8. The van der Waals surface area contributed by atoms with Gasteiger partial charge in [-0.1, -0.05) is 20.3 Å². The number of hydrogen-bond donors (Lipinski definition) is 1. The molecule has 1 heterocycles. The van der Waals surface area contributed by atoms with E-state index in [1.165, 1.54) is 45.3 Å². The zero-order valence-electron chi connectivity index (χ0n) is 10.8. The van der Waals surface area contributed by atoms with E-state index in [2.05, 4.69) is 10.2 Å². The fourth-order valence-electron chi connectivity index (χ4n) is 2.06. The van der Waals surface area contributed by atoms with Crippen molar-refractivity contribution in [1.29, 1.82) is 0 Å². The highest BCUT2D eigenvalue weighted by atomic mass is 16.1. The normalized spacial score (nSPS) is 17.7. The molecular weight excluding hydrogens is 200 g/mol. The van der Waals surface area contributed by atoms with Gasteiger partial charge in [0, 0.05) is 12.5 Å². The Morgan fingerprint density at radius 2 is 1.88 bits per heavy atom. The van der Waals surface area contributed by atoms with Gasteiger partial charge in [-0.3, -0.25) is 4.79 Å². The molecule has 1 N–H and O–H groups in total. The summed E-state index contributed by atoms with van der Waals surface area (Å²) >= 11 is 0. The minimum absolute atomic E-state index is 0.113. The van der Waals surface area contributed by atoms with Gasteiger partial charge in [0.15, 0.2) is 0 Å². The van der Waals surface area contributed by atoms with Crippen molar-refractivity contribution in [3.8, 4) is 0 Å². The molecule has 1 rings (SSSR count). The number of carbonyl (C=O) groups is 1. The monoisotopic (exact) mass is 226 g/mol. The van der Waals surface area contributed by atoms with Gasteiger partial charge in [-0.2, -0.15) is 0 Å². The van der Waals surface area contributed by atoms with E-state index in [4.69, 9.17) is 0 Å². The second kappa shape index (κ2) is 7.66. The zero-order chi connectivity index (χ0) is 11.8. The van der Waals surface area contributed by atoms with E-state index in [9.17, 15) is 4.79 Å². The van der Waals surface area contributed by atoms with Gasteiger partial charge in [-0.05, 0) is 45.3 Å². The van der Waals surface area contributed by atoms with Gasteiger partial charge in [0.1, 0.15) is 0 Å². The molecule has 3 nitrogen and oxygen atoms in total. The third kappa shape index (κ3) is 5.50. The predicted octanol–water partition coefficient (Wildman–Crippen LogP) is 2.02. The summed E-state index contributed by atoms with van der Waals surface area (Å²) in [5.41, 5.74) is 0. The van der Waals surface area contributed by atoms with Crippen LogP contribution in [0.25, 0.3) is 0 Å². The molecule has 0 aromatic heterocycles. The highest BCUT2D eigenvalue weighted by molar-refractivity contribution is 5.77. The molecule has 0 aromatic carbocycles. The first kappa shape index (κ1) is 13.5. The summed E-state index contributed by atoms with van der Waals surface area (Å²) in [6.07, 6.45) is 6.45. The van der Waals surface area contributed by atoms with Crippen molar-refractivity contribution in [2.75, 3.05) is 26.2 Å². The Balaban J connectivity index is 1.93. The molecule has 1 aliphatic rings. The second-order valence-corrected chi connectivity index (χ2v) is 5.06. The number of rotatable bonds is 6. The Hall–Kier alpha value is -0.570. The van der Waals surface area contributed by atoms with Crippen LogP contribution < -0.4 is 5.32 Å². The summed E-state index contributed by atoms with van der Waals surface area (Å²) in [5.74, 6) is 0.292. The third-order valence-electron chi connectivity index (χ3n) is 3.17. The first-order chi connectivity index (χ1) is 7.70. The minimum atomic E-state index is 0.113. The van der Waals surface area contributed by atoms with Crippen LogP contribution in [-0.4, -0.2) is 37.0 Å². The fourth-order valence-corrected chi connectivity index (χ4v) is 2.06. The van der Waals surface area contributed by atoms with Crippen LogP contribution in [0.2, 0.25) is 0 Å². The van der Waals surface area contributed by atoms with Gasteiger partial charge < -0.3 is 10.2 Å². The summed E-state index contributed by atoms with van der Waals surface area (Å²) in [6, 6.07) is 0. The van der Waals surface area contributed by atoms with Crippen molar-refractivity contribution >= 4 is 5.91 Å². The Morgan fingerprint density at radius 3 is 2.50 bits per heavy atom. The fraction of sp³-hybridized carbons (Fsp3) is 0.923. The van der Waals surface area contributed by atoms with Crippen LogP contribution in [0.1, 0.15) is 46.0 Å². The van der Waals surface area contributed by atoms with Crippen LogP contribution in [0.5, 0.6) is 0 Å². The largest absolute Gasteiger partial charge is 0.356 e. The van der Waals surface area contributed by atoms with E-state index in [0.717, 1.165) is 13.0 Å². The summed E-state index contributed by atoms with van der Waals surface area (Å²) in [7, 11) is 0. The number of amides is 1. The summed E-state index contributed by atoms with van der Waals surface area (Å²) in [6.45, 7) is 8.46. The molecule has 1 saturated heterocycles. The lowest BCUT2D eigenvalue weighted by Gasteiger charge is -2.26. The number of carbonyl (C=O) groups excluding carboxylic acids is 1. The van der Waals surface area contributed by atoms with Crippen LogP contribution in [0.4, 0.5) is 0 Å². The standard InChI is InChI=1S/C13H26N2O/c1-12(2)13(16)14-8-4-7-11-15-9-5-3-6-10-15/h12H,3-11H2,1-2H3,(H,14,16). The van der Waals surface area contributed by atoms with Crippen LogP contribution in [-0.2, 0) is 4.79 Å². The number of unbranched alkanes of at least 4 members (excludes halogenated alkanes) is 1. The zero-order valence-corrected chi connectivity index (χ0v) is 10.8. The Morgan fingerprint density at radius 1 is 1.19 bits per heavy atom. The quantitative estimate of drug-likeness (QED) is 0.703. The van der Waals surface area contributed by atoms with Crippen molar-refractivity contribution in [3.05, 3.63) is 0 Å². The maximum atomic E-state index is 11.3. The van der Waals surface area contributed by atoms with Gasteiger partial charge in [0.2, 0.25) is 5.91 Å². The number of piperidine rings is 1. The lowest BCUT2D eigenvalue weighted by molar-refractivity contribution is -0.123. The molecule has 16 heavy (non-hydrogen) atoms. The highest BCUT2D eigenvalue weighted by Gasteiger charge is 2.09. The molecule has 0 atom stereocenters. The molecule has 0 spiro atoms. The van der Waals surface area contributed by atoms with Crippen molar-refractivity contribution in [1.82, 2.24) is 10.2 Å². The first-order valence-corrected chi connectivity index (χ1v) is 6.70. The Bertz CT molecular complexity index is 198. The molecule has 1 fully saturated rings. The highest BCUT2D eigenvalue weighted by Crippen LogP contribution is 2.09. The molecule has 0 aliphatic carbocycles. The van der Waals surface area contributed by atoms with E-state index in [1.54, 1.807) is 0 Å². The molecule has 1 aliphatic heterocycles. The number of nitrogens with one attached hydrogen (secondary N) is 1. The molecular formula is C13H26N2O. The van der Waals surface area contributed by atoms with Gasteiger partial charge in [0.25, 0.3) is 0 Å². The average Bonchev–Trinajstić information content (AvgIpc) is 2.29. The van der Waals surface area contributed by atoms with Gasteiger partial charge >= 0.3 is 0 Å². The van der Waals surface area contributed by atoms with E-state index in [1.807, 2.05) is 13.8 Å².